The van der Waals surface area contributed by atoms with E-state index in [1.165, 1.54) is 0 Å². The van der Waals surface area contributed by atoms with Crippen LogP contribution in [-0.2, 0) is 4.74 Å². The minimum Gasteiger partial charge on any atom is -0.496 e. The van der Waals surface area contributed by atoms with Crippen molar-refractivity contribution < 1.29 is 14.6 Å². The van der Waals surface area contributed by atoms with Crippen molar-refractivity contribution in [1.29, 1.82) is 0 Å². The molecule has 0 aromatic heterocycles. The first kappa shape index (κ1) is 12.4. The Morgan fingerprint density at radius 2 is 2.00 bits per heavy atom. The molecule has 1 aromatic carbocycles. The zero-order valence-corrected chi connectivity index (χ0v) is 10.7. The molecule has 0 radical (unpaired) electrons. The maximum absolute atomic E-state index is 10.5. The average molecular weight is 236 g/mol. The monoisotopic (exact) mass is 236 g/mol. The summed E-state index contributed by atoms with van der Waals surface area (Å²) >= 11 is 0. The number of benzene rings is 1. The number of aryl methyl sites for hydroxylation is 1. The van der Waals surface area contributed by atoms with Crippen LogP contribution >= 0.6 is 0 Å². The zero-order valence-electron chi connectivity index (χ0n) is 10.7. The smallest absolute Gasteiger partial charge is 0.124 e. The van der Waals surface area contributed by atoms with Crippen LogP contribution in [0.5, 0.6) is 5.75 Å². The van der Waals surface area contributed by atoms with Gasteiger partial charge in [-0.2, -0.15) is 0 Å². The molecule has 2 rings (SSSR count). The van der Waals surface area contributed by atoms with Gasteiger partial charge in [-0.3, -0.25) is 0 Å². The SMILES string of the molecule is COc1ccc(C)cc1C(O)C1(OC)CCC1. The molecule has 1 N–H and O–H groups in total. The van der Waals surface area contributed by atoms with Gasteiger partial charge in [0, 0.05) is 12.7 Å². The second-order valence-electron chi connectivity index (χ2n) is 4.77. The summed E-state index contributed by atoms with van der Waals surface area (Å²) in [6, 6.07) is 5.85. The summed E-state index contributed by atoms with van der Waals surface area (Å²) in [5.74, 6) is 0.728. The van der Waals surface area contributed by atoms with Crippen LogP contribution in [0.3, 0.4) is 0 Å². The van der Waals surface area contributed by atoms with E-state index in [4.69, 9.17) is 9.47 Å². The van der Waals surface area contributed by atoms with E-state index in [1.807, 2.05) is 25.1 Å². The lowest BCUT2D eigenvalue weighted by Gasteiger charge is -2.44. The lowest BCUT2D eigenvalue weighted by Crippen LogP contribution is -2.45. The third-order valence-electron chi connectivity index (χ3n) is 3.78. The topological polar surface area (TPSA) is 38.7 Å². The van der Waals surface area contributed by atoms with E-state index in [0.717, 1.165) is 36.1 Å². The Morgan fingerprint density at radius 1 is 1.29 bits per heavy atom. The minimum atomic E-state index is -0.615. The maximum Gasteiger partial charge on any atom is 0.124 e. The fourth-order valence-electron chi connectivity index (χ4n) is 2.47. The molecule has 0 amide bonds. The maximum atomic E-state index is 10.5. The van der Waals surface area contributed by atoms with Crippen LogP contribution in [0, 0.1) is 6.92 Å². The van der Waals surface area contributed by atoms with E-state index >= 15 is 0 Å². The summed E-state index contributed by atoms with van der Waals surface area (Å²) in [7, 11) is 3.30. The summed E-state index contributed by atoms with van der Waals surface area (Å²) in [5.41, 5.74) is 1.53. The van der Waals surface area contributed by atoms with Gasteiger partial charge in [0.2, 0.25) is 0 Å². The van der Waals surface area contributed by atoms with E-state index in [9.17, 15) is 5.11 Å². The molecule has 0 bridgehead atoms. The number of ether oxygens (including phenoxy) is 2. The van der Waals surface area contributed by atoms with E-state index in [2.05, 4.69) is 0 Å². The van der Waals surface area contributed by atoms with Gasteiger partial charge in [-0.15, -0.1) is 0 Å². The molecule has 0 saturated heterocycles. The molecule has 17 heavy (non-hydrogen) atoms. The highest BCUT2D eigenvalue weighted by Crippen LogP contribution is 2.46. The molecule has 1 aliphatic rings. The zero-order chi connectivity index (χ0) is 12.5. The van der Waals surface area contributed by atoms with Crippen molar-refractivity contribution in [3.8, 4) is 5.75 Å². The molecule has 3 nitrogen and oxygen atoms in total. The van der Waals surface area contributed by atoms with Gasteiger partial charge in [0.05, 0.1) is 12.7 Å². The van der Waals surface area contributed by atoms with Crippen molar-refractivity contribution >= 4 is 0 Å². The molecule has 1 aromatic rings. The Morgan fingerprint density at radius 3 is 2.47 bits per heavy atom. The molecule has 1 unspecified atom stereocenters. The van der Waals surface area contributed by atoms with Gasteiger partial charge in [-0.25, -0.2) is 0 Å². The fraction of sp³-hybridized carbons (Fsp3) is 0.571. The van der Waals surface area contributed by atoms with Gasteiger partial charge in [0.1, 0.15) is 11.9 Å². The van der Waals surface area contributed by atoms with E-state index in [1.54, 1.807) is 14.2 Å². The van der Waals surface area contributed by atoms with Gasteiger partial charge >= 0.3 is 0 Å². The summed E-state index contributed by atoms with van der Waals surface area (Å²) < 4.78 is 10.8. The molecule has 0 spiro atoms. The van der Waals surface area contributed by atoms with Crippen LogP contribution in [0.15, 0.2) is 18.2 Å². The van der Waals surface area contributed by atoms with E-state index in [-0.39, 0.29) is 0 Å². The van der Waals surface area contributed by atoms with Crippen molar-refractivity contribution in [3.05, 3.63) is 29.3 Å². The summed E-state index contributed by atoms with van der Waals surface area (Å²) in [4.78, 5) is 0. The average Bonchev–Trinajstić information content (AvgIpc) is 2.28. The Hall–Kier alpha value is -1.06. The van der Waals surface area contributed by atoms with Gasteiger partial charge in [-0.05, 0) is 38.3 Å². The van der Waals surface area contributed by atoms with Crippen molar-refractivity contribution in [3.63, 3.8) is 0 Å². The molecule has 0 heterocycles. The Labute approximate surface area is 102 Å². The standard InChI is InChI=1S/C14H20O3/c1-10-5-6-12(16-2)11(9-10)13(15)14(17-3)7-4-8-14/h5-6,9,13,15H,4,7-8H2,1-3H3. The van der Waals surface area contributed by atoms with Gasteiger partial charge in [-0.1, -0.05) is 11.6 Å². The minimum absolute atomic E-state index is 0.416. The van der Waals surface area contributed by atoms with E-state index < -0.39 is 11.7 Å². The molecule has 3 heteroatoms. The Balaban J connectivity index is 2.35. The number of aliphatic hydroxyl groups excluding tert-OH is 1. The van der Waals surface area contributed by atoms with Crippen molar-refractivity contribution in [1.82, 2.24) is 0 Å². The molecule has 1 saturated carbocycles. The van der Waals surface area contributed by atoms with Crippen LogP contribution in [0.1, 0.15) is 36.5 Å². The second-order valence-corrected chi connectivity index (χ2v) is 4.77. The predicted molar refractivity (Wildman–Crippen MR) is 66.3 cm³/mol. The highest BCUT2D eigenvalue weighted by molar-refractivity contribution is 5.40. The molecular weight excluding hydrogens is 216 g/mol. The molecule has 0 aliphatic heterocycles. The Bertz CT molecular complexity index is 391. The fourth-order valence-corrected chi connectivity index (χ4v) is 2.47. The largest absolute Gasteiger partial charge is 0.496 e. The molecular formula is C14H20O3. The van der Waals surface area contributed by atoms with Crippen LogP contribution < -0.4 is 4.74 Å². The van der Waals surface area contributed by atoms with Gasteiger partial charge < -0.3 is 14.6 Å². The summed E-state index contributed by atoms with van der Waals surface area (Å²) in [6.07, 6.45) is 2.30. The lowest BCUT2D eigenvalue weighted by molar-refractivity contribution is -0.152. The van der Waals surface area contributed by atoms with Gasteiger partial charge in [0.15, 0.2) is 0 Å². The number of hydrogen-bond donors (Lipinski definition) is 1. The first-order valence-electron chi connectivity index (χ1n) is 6.01. The van der Waals surface area contributed by atoms with Crippen LogP contribution in [0.2, 0.25) is 0 Å². The van der Waals surface area contributed by atoms with Crippen LogP contribution in [-0.4, -0.2) is 24.9 Å². The predicted octanol–water partition coefficient (Wildman–Crippen LogP) is 2.61. The molecule has 1 fully saturated rings. The van der Waals surface area contributed by atoms with Crippen LogP contribution in [0.4, 0.5) is 0 Å². The molecule has 1 aliphatic carbocycles. The van der Waals surface area contributed by atoms with E-state index in [0.29, 0.717) is 0 Å². The highest BCUT2D eigenvalue weighted by Gasteiger charge is 2.45. The quantitative estimate of drug-likeness (QED) is 0.873. The third kappa shape index (κ3) is 2.05. The summed E-state index contributed by atoms with van der Waals surface area (Å²) in [5, 5.41) is 10.5. The summed E-state index contributed by atoms with van der Waals surface area (Å²) in [6.45, 7) is 2.01. The number of rotatable bonds is 4. The molecule has 1 atom stereocenters. The number of hydrogen-bond acceptors (Lipinski definition) is 3. The van der Waals surface area contributed by atoms with Crippen LogP contribution in [0.25, 0.3) is 0 Å². The van der Waals surface area contributed by atoms with Gasteiger partial charge in [0.25, 0.3) is 0 Å². The van der Waals surface area contributed by atoms with Crippen molar-refractivity contribution in [2.45, 2.75) is 37.9 Å². The van der Waals surface area contributed by atoms with Crippen molar-refractivity contribution in [2.24, 2.45) is 0 Å². The lowest BCUT2D eigenvalue weighted by atomic mass is 9.73. The Kier molecular flexibility index (Phi) is 3.40. The number of aliphatic hydroxyl groups is 1. The number of methoxy groups -OCH3 is 2. The first-order chi connectivity index (χ1) is 8.13. The normalized spacial score (nSPS) is 19.5. The second kappa shape index (κ2) is 4.67. The van der Waals surface area contributed by atoms with Crippen molar-refractivity contribution in [2.75, 3.05) is 14.2 Å². The molecule has 94 valence electrons. The highest BCUT2D eigenvalue weighted by atomic mass is 16.5. The first-order valence-corrected chi connectivity index (χ1v) is 6.01. The third-order valence-corrected chi connectivity index (χ3v) is 3.78.